The van der Waals surface area contributed by atoms with Crippen LogP contribution in [0.5, 0.6) is 0 Å². The Hall–Kier alpha value is -2.53. The van der Waals surface area contributed by atoms with E-state index in [1.807, 2.05) is 27.7 Å². The second-order valence-electron chi connectivity index (χ2n) is 9.21. The zero-order valence-electron chi connectivity index (χ0n) is 20.9. The van der Waals surface area contributed by atoms with Crippen molar-refractivity contribution in [1.82, 2.24) is 8.87 Å². The van der Waals surface area contributed by atoms with E-state index in [9.17, 15) is 18.0 Å². The zero-order chi connectivity index (χ0) is 26.6. The maximum Gasteiger partial charge on any atom is 0.325 e. The van der Waals surface area contributed by atoms with Gasteiger partial charge in [-0.15, -0.1) is 0 Å². The largest absolute Gasteiger partial charge is 0.468 e. The van der Waals surface area contributed by atoms with Crippen molar-refractivity contribution in [3.63, 3.8) is 0 Å². The van der Waals surface area contributed by atoms with Crippen molar-refractivity contribution in [1.29, 1.82) is 0 Å². The van der Waals surface area contributed by atoms with Gasteiger partial charge in [0.2, 0.25) is 10.0 Å². The number of amides is 1. The molecular formula is C25H30ClN3O5S2. The normalized spacial score (nSPS) is 12.8. The summed E-state index contributed by atoms with van der Waals surface area (Å²) >= 11 is 7.32. The lowest BCUT2D eigenvalue weighted by Crippen LogP contribution is -2.37. The molecule has 11 heteroatoms. The summed E-state index contributed by atoms with van der Waals surface area (Å²) in [4.78, 5) is 29.6. The first kappa shape index (κ1) is 28.0. The molecule has 0 aliphatic carbocycles. The number of rotatable bonds is 9. The summed E-state index contributed by atoms with van der Waals surface area (Å²) in [6, 6.07) is 10.9. The number of ether oxygens (including phenoxy) is 1. The lowest BCUT2D eigenvalue weighted by atomic mass is 10.2. The average Bonchev–Trinajstić information content (AvgIpc) is 3.13. The molecule has 1 amide bonds. The van der Waals surface area contributed by atoms with Gasteiger partial charge < -0.3 is 9.30 Å². The van der Waals surface area contributed by atoms with E-state index in [4.69, 9.17) is 16.3 Å². The Balaban J connectivity index is 1.96. The number of halogens is 1. The summed E-state index contributed by atoms with van der Waals surface area (Å²) in [6.07, 6.45) is 0. The molecule has 0 N–H and O–H groups in total. The highest BCUT2D eigenvalue weighted by Crippen LogP contribution is 2.23. The Kier molecular flexibility index (Phi) is 9.10. The molecule has 3 aromatic rings. The van der Waals surface area contributed by atoms with E-state index in [1.54, 1.807) is 22.8 Å². The number of hydrogen-bond acceptors (Lipinski definition) is 6. The molecule has 194 valence electrons. The molecule has 0 fully saturated rings. The molecule has 0 bridgehead atoms. The minimum absolute atomic E-state index is 0.122. The lowest BCUT2D eigenvalue weighted by Gasteiger charge is -2.25. The Morgan fingerprint density at radius 2 is 1.67 bits per heavy atom. The predicted octanol–water partition coefficient (Wildman–Crippen LogP) is 4.57. The quantitative estimate of drug-likeness (QED) is 0.363. The van der Waals surface area contributed by atoms with Gasteiger partial charge in [0.1, 0.15) is 6.54 Å². The number of aromatic nitrogens is 1. The van der Waals surface area contributed by atoms with Crippen LogP contribution in [0.25, 0.3) is 10.2 Å². The number of hydrogen-bond donors (Lipinski definition) is 0. The fourth-order valence-electron chi connectivity index (χ4n) is 3.63. The van der Waals surface area contributed by atoms with Gasteiger partial charge in [-0.25, -0.2) is 8.42 Å². The van der Waals surface area contributed by atoms with E-state index >= 15 is 0 Å². The van der Waals surface area contributed by atoms with Crippen LogP contribution in [0.4, 0.5) is 0 Å². The topological polar surface area (TPSA) is 98.0 Å². The van der Waals surface area contributed by atoms with Gasteiger partial charge in [-0.05, 0) is 54.3 Å². The maximum atomic E-state index is 13.2. The van der Waals surface area contributed by atoms with Gasteiger partial charge in [0.05, 0.1) is 22.2 Å². The molecular weight excluding hydrogens is 522 g/mol. The summed E-state index contributed by atoms with van der Waals surface area (Å²) in [7, 11) is -2.42. The Labute approximate surface area is 220 Å². The molecule has 0 aliphatic rings. The molecule has 0 saturated heterocycles. The highest BCUT2D eigenvalue weighted by molar-refractivity contribution is 7.89. The number of nitrogens with zero attached hydrogens (tertiary/aromatic N) is 3. The van der Waals surface area contributed by atoms with Gasteiger partial charge in [0.15, 0.2) is 4.80 Å². The third kappa shape index (κ3) is 6.61. The van der Waals surface area contributed by atoms with Gasteiger partial charge in [-0.3, -0.25) is 9.59 Å². The van der Waals surface area contributed by atoms with Crippen molar-refractivity contribution in [2.24, 2.45) is 16.8 Å². The second kappa shape index (κ2) is 11.7. The number of carbonyl (C=O) groups excluding carboxylic acids is 2. The first-order valence-corrected chi connectivity index (χ1v) is 14.1. The lowest BCUT2D eigenvalue weighted by molar-refractivity contribution is -0.141. The summed E-state index contributed by atoms with van der Waals surface area (Å²) in [6.45, 7) is 8.59. The monoisotopic (exact) mass is 551 g/mol. The van der Waals surface area contributed by atoms with Crippen molar-refractivity contribution in [2.45, 2.75) is 39.1 Å². The first-order chi connectivity index (χ1) is 16.9. The van der Waals surface area contributed by atoms with Gasteiger partial charge in [-0.2, -0.15) is 9.30 Å². The highest BCUT2D eigenvalue weighted by atomic mass is 35.5. The molecule has 3 rings (SSSR count). The van der Waals surface area contributed by atoms with Crippen LogP contribution in [-0.2, 0) is 26.1 Å². The summed E-state index contributed by atoms with van der Waals surface area (Å²) < 4.78 is 35.1. The Bertz CT molecular complexity index is 1410. The molecule has 0 unspecified atom stereocenters. The second-order valence-corrected chi connectivity index (χ2v) is 12.6. The Morgan fingerprint density at radius 3 is 2.22 bits per heavy atom. The standard InChI is InChI=1S/C25H30ClN3O5S2/c1-16(2)13-28(14-17(3)4)36(32,33)20-9-6-18(7-10-20)24(31)27-25-29(15-23(30)34-5)21-11-8-19(26)12-22(21)35-25/h6-12,16-17H,13-15H2,1-5H3. The summed E-state index contributed by atoms with van der Waals surface area (Å²) in [5, 5.41) is 0.521. The van der Waals surface area contributed by atoms with Crippen LogP contribution in [0.3, 0.4) is 0 Å². The van der Waals surface area contributed by atoms with Crippen LogP contribution in [0, 0.1) is 11.8 Å². The van der Waals surface area contributed by atoms with E-state index < -0.39 is 21.9 Å². The molecule has 1 aromatic heterocycles. The van der Waals surface area contributed by atoms with Crippen LogP contribution in [-0.4, -0.2) is 49.4 Å². The Morgan fingerprint density at radius 1 is 1.06 bits per heavy atom. The van der Waals surface area contributed by atoms with Crippen molar-refractivity contribution >= 4 is 55.1 Å². The predicted molar refractivity (Wildman–Crippen MR) is 142 cm³/mol. The van der Waals surface area contributed by atoms with Crippen molar-refractivity contribution < 1.29 is 22.7 Å². The number of esters is 1. The van der Waals surface area contributed by atoms with E-state index in [0.717, 1.165) is 4.70 Å². The molecule has 2 aromatic carbocycles. The number of fused-ring (bicyclic) bond motifs is 1. The van der Waals surface area contributed by atoms with E-state index in [2.05, 4.69) is 4.99 Å². The molecule has 0 spiro atoms. The van der Waals surface area contributed by atoms with Crippen molar-refractivity contribution in [2.75, 3.05) is 20.2 Å². The maximum absolute atomic E-state index is 13.2. The first-order valence-electron chi connectivity index (χ1n) is 11.5. The molecule has 0 radical (unpaired) electrons. The van der Waals surface area contributed by atoms with Gasteiger partial charge in [0.25, 0.3) is 5.91 Å². The van der Waals surface area contributed by atoms with Gasteiger partial charge >= 0.3 is 5.97 Å². The van der Waals surface area contributed by atoms with Crippen LogP contribution in [0.15, 0.2) is 52.4 Å². The third-order valence-electron chi connectivity index (χ3n) is 5.23. The van der Waals surface area contributed by atoms with Crippen molar-refractivity contribution in [3.05, 3.63) is 57.9 Å². The highest BCUT2D eigenvalue weighted by Gasteiger charge is 2.26. The van der Waals surface area contributed by atoms with Gasteiger partial charge in [0, 0.05) is 23.7 Å². The average molecular weight is 552 g/mol. The van der Waals surface area contributed by atoms with E-state index in [-0.39, 0.29) is 28.8 Å². The van der Waals surface area contributed by atoms with Crippen LogP contribution < -0.4 is 4.80 Å². The number of thiazole rings is 1. The number of benzene rings is 2. The van der Waals surface area contributed by atoms with Gasteiger partial charge in [-0.1, -0.05) is 50.6 Å². The molecule has 8 nitrogen and oxygen atoms in total. The SMILES string of the molecule is COC(=O)Cn1c(=NC(=O)c2ccc(S(=O)(=O)N(CC(C)C)CC(C)C)cc2)sc2cc(Cl)ccc21. The minimum Gasteiger partial charge on any atom is -0.468 e. The number of carbonyl (C=O) groups is 2. The van der Waals surface area contributed by atoms with E-state index in [0.29, 0.717) is 28.4 Å². The van der Waals surface area contributed by atoms with Crippen molar-refractivity contribution in [3.8, 4) is 0 Å². The van der Waals surface area contributed by atoms with Crippen LogP contribution in [0.2, 0.25) is 5.02 Å². The molecule has 0 atom stereocenters. The van der Waals surface area contributed by atoms with Crippen LogP contribution in [0.1, 0.15) is 38.1 Å². The fraction of sp³-hybridized carbons (Fsp3) is 0.400. The van der Waals surface area contributed by atoms with E-state index in [1.165, 1.54) is 47.0 Å². The summed E-state index contributed by atoms with van der Waals surface area (Å²) in [5.74, 6) is -0.700. The number of methoxy groups -OCH3 is 1. The fourth-order valence-corrected chi connectivity index (χ4v) is 6.70. The number of sulfonamides is 1. The molecule has 0 saturated carbocycles. The van der Waals surface area contributed by atoms with Crippen LogP contribution >= 0.6 is 22.9 Å². The smallest absolute Gasteiger partial charge is 0.325 e. The third-order valence-corrected chi connectivity index (χ3v) is 8.36. The zero-order valence-corrected chi connectivity index (χ0v) is 23.3. The molecule has 1 heterocycles. The minimum atomic E-state index is -3.71. The molecule has 0 aliphatic heterocycles. The molecule has 36 heavy (non-hydrogen) atoms. The summed E-state index contributed by atoms with van der Waals surface area (Å²) in [5.41, 5.74) is 0.923.